The number of nitrogens with zero attached hydrogens (tertiary/aromatic N) is 2. The lowest BCUT2D eigenvalue weighted by molar-refractivity contribution is 0.0689. The Labute approximate surface area is 119 Å². The second-order valence-corrected chi connectivity index (χ2v) is 5.39. The van der Waals surface area contributed by atoms with Crippen LogP contribution < -0.4 is 4.74 Å². The molecule has 0 atom stereocenters. The molecule has 0 amide bonds. The predicted octanol–water partition coefficient (Wildman–Crippen LogP) is 3.01. The van der Waals surface area contributed by atoms with Crippen molar-refractivity contribution in [1.82, 2.24) is 9.78 Å². The van der Waals surface area contributed by atoms with Gasteiger partial charge in [-0.25, -0.2) is 4.79 Å². The zero-order chi connectivity index (χ0) is 14.3. The van der Waals surface area contributed by atoms with Crippen molar-refractivity contribution in [2.45, 2.75) is 0 Å². The summed E-state index contributed by atoms with van der Waals surface area (Å²) in [7, 11) is 3.38. The van der Waals surface area contributed by atoms with Crippen LogP contribution in [0.4, 0.5) is 0 Å². The molecule has 3 aromatic rings. The number of fused-ring (bicyclic) bond motifs is 1. The van der Waals surface area contributed by atoms with Gasteiger partial charge >= 0.3 is 5.97 Å². The predicted molar refractivity (Wildman–Crippen MR) is 77.5 cm³/mol. The molecule has 6 heteroatoms. The molecule has 0 fully saturated rings. The molecule has 0 aliphatic carbocycles. The second kappa shape index (κ2) is 4.64. The molecule has 3 rings (SSSR count). The number of hydrogen-bond donors (Lipinski definition) is 1. The molecule has 0 aliphatic heterocycles. The van der Waals surface area contributed by atoms with Gasteiger partial charge in [-0.2, -0.15) is 5.10 Å². The number of ether oxygens (including phenoxy) is 1. The van der Waals surface area contributed by atoms with Crippen molar-refractivity contribution in [1.29, 1.82) is 0 Å². The van der Waals surface area contributed by atoms with Crippen LogP contribution in [0.1, 0.15) is 10.5 Å². The number of benzene rings is 1. The Morgan fingerprint density at radius 3 is 2.85 bits per heavy atom. The minimum atomic E-state index is -1.02. The topological polar surface area (TPSA) is 64.3 Å². The third-order valence-corrected chi connectivity index (χ3v) is 4.27. The van der Waals surface area contributed by atoms with E-state index in [0.29, 0.717) is 0 Å². The fraction of sp³-hybridized carbons (Fsp3) is 0.143. The summed E-state index contributed by atoms with van der Waals surface area (Å²) in [6, 6.07) is 9.45. The first-order valence-corrected chi connectivity index (χ1v) is 6.76. The van der Waals surface area contributed by atoms with Gasteiger partial charge < -0.3 is 9.84 Å². The SMILES string of the molecule is COc1cccc2cc(-c3cc(C(=O)O)nn3C)sc12. The van der Waals surface area contributed by atoms with Gasteiger partial charge in [0.05, 0.1) is 22.4 Å². The van der Waals surface area contributed by atoms with Crippen LogP contribution in [-0.2, 0) is 7.05 Å². The summed E-state index contributed by atoms with van der Waals surface area (Å²) in [6.45, 7) is 0. The van der Waals surface area contributed by atoms with Gasteiger partial charge in [-0.15, -0.1) is 11.3 Å². The summed E-state index contributed by atoms with van der Waals surface area (Å²) in [5, 5.41) is 14.1. The number of aromatic carboxylic acids is 1. The Morgan fingerprint density at radius 1 is 1.40 bits per heavy atom. The first-order chi connectivity index (χ1) is 9.60. The fourth-order valence-electron chi connectivity index (χ4n) is 2.13. The van der Waals surface area contributed by atoms with Crippen molar-refractivity contribution in [2.24, 2.45) is 7.05 Å². The molecule has 0 spiro atoms. The Bertz CT molecular complexity index is 804. The van der Waals surface area contributed by atoms with Crippen LogP contribution in [0.3, 0.4) is 0 Å². The minimum Gasteiger partial charge on any atom is -0.495 e. The van der Waals surface area contributed by atoms with Gasteiger partial charge in [-0.05, 0) is 23.6 Å². The number of methoxy groups -OCH3 is 1. The molecular weight excluding hydrogens is 276 g/mol. The molecule has 2 aromatic heterocycles. The quantitative estimate of drug-likeness (QED) is 0.804. The lowest BCUT2D eigenvalue weighted by atomic mass is 10.2. The van der Waals surface area contributed by atoms with Crippen LogP contribution in [0.2, 0.25) is 0 Å². The monoisotopic (exact) mass is 288 g/mol. The Balaban J connectivity index is 2.17. The maximum absolute atomic E-state index is 11.0. The Hall–Kier alpha value is -2.34. The van der Waals surface area contributed by atoms with E-state index in [0.717, 1.165) is 26.4 Å². The van der Waals surface area contributed by atoms with Gasteiger partial charge in [-0.3, -0.25) is 4.68 Å². The number of carboxylic acids is 1. The van der Waals surface area contributed by atoms with Crippen molar-refractivity contribution in [3.8, 4) is 16.3 Å². The van der Waals surface area contributed by atoms with E-state index in [1.54, 1.807) is 36.2 Å². The number of carbonyl (C=O) groups is 1. The summed E-state index contributed by atoms with van der Waals surface area (Å²) < 4.78 is 7.97. The molecule has 0 unspecified atom stereocenters. The normalized spacial score (nSPS) is 10.9. The summed E-state index contributed by atoms with van der Waals surface area (Å²) in [4.78, 5) is 11.9. The number of thiophene rings is 1. The Kier molecular flexibility index (Phi) is 2.94. The van der Waals surface area contributed by atoms with Crippen molar-refractivity contribution >= 4 is 27.4 Å². The lowest BCUT2D eigenvalue weighted by Gasteiger charge is -1.99. The van der Waals surface area contributed by atoms with E-state index in [1.807, 2.05) is 24.3 Å². The van der Waals surface area contributed by atoms with Crippen molar-refractivity contribution in [3.05, 3.63) is 36.0 Å². The van der Waals surface area contributed by atoms with Crippen LogP contribution >= 0.6 is 11.3 Å². The molecule has 1 aromatic carbocycles. The molecule has 0 aliphatic rings. The van der Waals surface area contributed by atoms with Crippen LogP contribution in [0, 0.1) is 0 Å². The van der Waals surface area contributed by atoms with E-state index in [2.05, 4.69) is 5.10 Å². The van der Waals surface area contributed by atoms with E-state index in [9.17, 15) is 4.79 Å². The maximum Gasteiger partial charge on any atom is 0.356 e. The molecule has 102 valence electrons. The van der Waals surface area contributed by atoms with E-state index in [1.165, 1.54) is 0 Å². The highest BCUT2D eigenvalue weighted by Gasteiger charge is 2.15. The lowest BCUT2D eigenvalue weighted by Crippen LogP contribution is -1.99. The van der Waals surface area contributed by atoms with E-state index in [-0.39, 0.29) is 5.69 Å². The molecular formula is C14H12N2O3S. The fourth-order valence-corrected chi connectivity index (χ4v) is 3.32. The molecule has 0 bridgehead atoms. The average Bonchev–Trinajstić information content (AvgIpc) is 3.01. The average molecular weight is 288 g/mol. The largest absolute Gasteiger partial charge is 0.495 e. The first-order valence-electron chi connectivity index (χ1n) is 5.94. The van der Waals surface area contributed by atoms with Gasteiger partial charge in [-0.1, -0.05) is 12.1 Å². The van der Waals surface area contributed by atoms with Crippen molar-refractivity contribution in [3.63, 3.8) is 0 Å². The van der Waals surface area contributed by atoms with Crippen LogP contribution in [0.25, 0.3) is 20.7 Å². The highest BCUT2D eigenvalue weighted by molar-refractivity contribution is 7.22. The highest BCUT2D eigenvalue weighted by Crippen LogP contribution is 2.38. The smallest absolute Gasteiger partial charge is 0.356 e. The van der Waals surface area contributed by atoms with Crippen LogP contribution in [-0.4, -0.2) is 28.0 Å². The van der Waals surface area contributed by atoms with Gasteiger partial charge in [0.1, 0.15) is 5.75 Å². The van der Waals surface area contributed by atoms with Gasteiger partial charge in [0.2, 0.25) is 0 Å². The summed E-state index contributed by atoms with van der Waals surface area (Å²) in [5.74, 6) is -0.204. The number of carboxylic acid groups (broad SMARTS) is 1. The second-order valence-electron chi connectivity index (χ2n) is 4.33. The van der Waals surface area contributed by atoms with Gasteiger partial charge in [0, 0.05) is 7.05 Å². The van der Waals surface area contributed by atoms with Crippen molar-refractivity contribution in [2.75, 3.05) is 7.11 Å². The molecule has 0 saturated heterocycles. The summed E-state index contributed by atoms with van der Waals surface area (Å²) >= 11 is 1.56. The standard InChI is InChI=1S/C14H12N2O3S/c1-16-10(7-9(15-16)14(17)18)12-6-8-4-3-5-11(19-2)13(8)20-12/h3-7H,1-2H3,(H,17,18). The third kappa shape index (κ3) is 1.94. The molecule has 0 radical (unpaired) electrons. The molecule has 5 nitrogen and oxygen atoms in total. The van der Waals surface area contributed by atoms with E-state index in [4.69, 9.17) is 9.84 Å². The molecule has 1 N–H and O–H groups in total. The zero-order valence-corrected chi connectivity index (χ0v) is 11.8. The minimum absolute atomic E-state index is 0.0481. The molecule has 0 saturated carbocycles. The van der Waals surface area contributed by atoms with E-state index >= 15 is 0 Å². The Morgan fingerprint density at radius 2 is 2.20 bits per heavy atom. The number of aromatic nitrogens is 2. The van der Waals surface area contributed by atoms with Crippen LogP contribution in [0.5, 0.6) is 5.75 Å². The summed E-state index contributed by atoms with van der Waals surface area (Å²) in [5.41, 5.74) is 0.831. The zero-order valence-electron chi connectivity index (χ0n) is 11.0. The highest BCUT2D eigenvalue weighted by atomic mass is 32.1. The number of rotatable bonds is 3. The maximum atomic E-state index is 11.0. The first kappa shape index (κ1) is 12.7. The van der Waals surface area contributed by atoms with Crippen LogP contribution in [0.15, 0.2) is 30.3 Å². The van der Waals surface area contributed by atoms with Gasteiger partial charge in [0.25, 0.3) is 0 Å². The number of hydrogen-bond acceptors (Lipinski definition) is 4. The van der Waals surface area contributed by atoms with Crippen molar-refractivity contribution < 1.29 is 14.6 Å². The summed E-state index contributed by atoms with van der Waals surface area (Å²) in [6.07, 6.45) is 0. The number of aryl methyl sites for hydroxylation is 1. The molecule has 20 heavy (non-hydrogen) atoms. The van der Waals surface area contributed by atoms with E-state index < -0.39 is 5.97 Å². The third-order valence-electron chi connectivity index (χ3n) is 3.08. The molecule has 2 heterocycles. The van der Waals surface area contributed by atoms with Gasteiger partial charge in [0.15, 0.2) is 5.69 Å².